The van der Waals surface area contributed by atoms with Crippen molar-refractivity contribution in [1.29, 1.82) is 0 Å². The lowest BCUT2D eigenvalue weighted by molar-refractivity contribution is -0.130. The molecule has 1 fully saturated rings. The number of carbonyl (C=O) groups is 1. The zero-order chi connectivity index (χ0) is 11.1. The van der Waals surface area contributed by atoms with Crippen molar-refractivity contribution in [2.75, 3.05) is 52.5 Å². The molecule has 0 aromatic carbocycles. The first-order valence-electron chi connectivity index (χ1n) is 5.49. The third-order valence-electron chi connectivity index (χ3n) is 2.63. The number of halogens is 1. The van der Waals surface area contributed by atoms with Gasteiger partial charge in [0.15, 0.2) is 0 Å². The van der Waals surface area contributed by atoms with Crippen LogP contribution < -0.4 is 5.73 Å². The molecule has 0 bridgehead atoms. The van der Waals surface area contributed by atoms with E-state index in [4.69, 9.17) is 10.5 Å². The molecule has 0 spiro atoms. The summed E-state index contributed by atoms with van der Waals surface area (Å²) in [6.45, 7) is 8.09. The van der Waals surface area contributed by atoms with Crippen LogP contribution in [0.1, 0.15) is 6.92 Å². The molecule has 0 atom stereocenters. The van der Waals surface area contributed by atoms with Crippen LogP contribution in [-0.4, -0.2) is 68.2 Å². The lowest BCUT2D eigenvalue weighted by Gasteiger charge is -2.34. The Morgan fingerprint density at radius 3 is 2.38 bits per heavy atom. The highest BCUT2D eigenvalue weighted by atomic mass is 35.5. The fourth-order valence-electron chi connectivity index (χ4n) is 1.67. The van der Waals surface area contributed by atoms with Crippen LogP contribution in [0, 0.1) is 0 Å². The van der Waals surface area contributed by atoms with Crippen LogP contribution in [0.15, 0.2) is 0 Å². The first kappa shape index (κ1) is 15.6. The van der Waals surface area contributed by atoms with Crippen molar-refractivity contribution in [3.63, 3.8) is 0 Å². The number of nitrogens with two attached hydrogens (primary N) is 1. The van der Waals surface area contributed by atoms with Gasteiger partial charge >= 0.3 is 0 Å². The van der Waals surface area contributed by atoms with Gasteiger partial charge in [0.2, 0.25) is 5.91 Å². The van der Waals surface area contributed by atoms with E-state index in [1.54, 1.807) is 6.92 Å². The maximum Gasteiger partial charge on any atom is 0.219 e. The molecule has 0 saturated carbocycles. The van der Waals surface area contributed by atoms with Crippen LogP contribution in [0.2, 0.25) is 0 Å². The number of piperazine rings is 1. The van der Waals surface area contributed by atoms with Gasteiger partial charge in [-0.25, -0.2) is 0 Å². The van der Waals surface area contributed by atoms with Crippen molar-refractivity contribution >= 4 is 18.3 Å². The molecule has 1 amide bonds. The van der Waals surface area contributed by atoms with E-state index in [2.05, 4.69) is 4.90 Å². The van der Waals surface area contributed by atoms with E-state index in [1.165, 1.54) is 0 Å². The predicted molar refractivity (Wildman–Crippen MR) is 65.8 cm³/mol. The number of hydrogen-bond acceptors (Lipinski definition) is 4. The van der Waals surface area contributed by atoms with Crippen molar-refractivity contribution in [2.45, 2.75) is 6.92 Å². The molecule has 0 unspecified atom stereocenters. The molecule has 96 valence electrons. The smallest absolute Gasteiger partial charge is 0.219 e. The fraction of sp³-hybridized carbons (Fsp3) is 0.900. The number of nitrogens with zero attached hydrogens (tertiary/aromatic N) is 2. The van der Waals surface area contributed by atoms with Gasteiger partial charge in [-0.3, -0.25) is 9.69 Å². The van der Waals surface area contributed by atoms with E-state index in [1.807, 2.05) is 4.90 Å². The lowest BCUT2D eigenvalue weighted by Crippen LogP contribution is -2.48. The van der Waals surface area contributed by atoms with Crippen molar-refractivity contribution in [3.8, 4) is 0 Å². The van der Waals surface area contributed by atoms with Crippen molar-refractivity contribution in [3.05, 3.63) is 0 Å². The van der Waals surface area contributed by atoms with Gasteiger partial charge in [-0.05, 0) is 0 Å². The molecule has 1 saturated heterocycles. The van der Waals surface area contributed by atoms with Crippen LogP contribution in [0.25, 0.3) is 0 Å². The van der Waals surface area contributed by atoms with Gasteiger partial charge in [0.25, 0.3) is 0 Å². The van der Waals surface area contributed by atoms with Crippen molar-refractivity contribution in [2.24, 2.45) is 5.73 Å². The standard InChI is InChI=1S/C10H21N3O2.ClH/c1-10(14)13-5-3-12(4-6-13)7-9-15-8-2-11;/h2-9,11H2,1H3;1H. The highest BCUT2D eigenvalue weighted by Crippen LogP contribution is 2.01. The highest BCUT2D eigenvalue weighted by Gasteiger charge is 2.17. The van der Waals surface area contributed by atoms with Crippen LogP contribution in [0.5, 0.6) is 0 Å². The van der Waals surface area contributed by atoms with Crippen LogP contribution in [0.4, 0.5) is 0 Å². The minimum atomic E-state index is 0. The second-order valence-corrected chi connectivity index (χ2v) is 3.75. The predicted octanol–water partition coefficient (Wildman–Crippen LogP) is -0.452. The third-order valence-corrected chi connectivity index (χ3v) is 2.63. The van der Waals surface area contributed by atoms with E-state index < -0.39 is 0 Å². The quantitative estimate of drug-likeness (QED) is 0.673. The van der Waals surface area contributed by atoms with Gasteiger partial charge in [-0.15, -0.1) is 12.4 Å². The molecule has 0 aromatic heterocycles. The maximum absolute atomic E-state index is 11.1. The zero-order valence-electron chi connectivity index (χ0n) is 9.85. The molecule has 6 heteroatoms. The summed E-state index contributed by atoms with van der Waals surface area (Å²) < 4.78 is 5.31. The molecule has 1 aliphatic heterocycles. The number of carbonyl (C=O) groups excluding carboxylic acids is 1. The summed E-state index contributed by atoms with van der Waals surface area (Å²) in [4.78, 5) is 15.3. The average molecular weight is 252 g/mol. The molecule has 2 N–H and O–H groups in total. The van der Waals surface area contributed by atoms with E-state index >= 15 is 0 Å². The van der Waals surface area contributed by atoms with E-state index in [0.717, 1.165) is 39.3 Å². The highest BCUT2D eigenvalue weighted by molar-refractivity contribution is 5.85. The van der Waals surface area contributed by atoms with Crippen molar-refractivity contribution in [1.82, 2.24) is 9.80 Å². The normalized spacial score (nSPS) is 17.0. The molecule has 16 heavy (non-hydrogen) atoms. The molecule has 1 heterocycles. The topological polar surface area (TPSA) is 58.8 Å². The number of rotatable bonds is 5. The van der Waals surface area contributed by atoms with Crippen molar-refractivity contribution < 1.29 is 9.53 Å². The molecule has 0 aromatic rings. The SMILES string of the molecule is CC(=O)N1CCN(CCOCCN)CC1.Cl. The van der Waals surface area contributed by atoms with Gasteiger partial charge < -0.3 is 15.4 Å². The lowest BCUT2D eigenvalue weighted by atomic mass is 10.3. The Hall–Kier alpha value is -0.360. The molecule has 0 radical (unpaired) electrons. The summed E-state index contributed by atoms with van der Waals surface area (Å²) in [5.41, 5.74) is 5.32. The molecule has 5 nitrogen and oxygen atoms in total. The second-order valence-electron chi connectivity index (χ2n) is 3.75. The van der Waals surface area contributed by atoms with E-state index in [0.29, 0.717) is 13.2 Å². The maximum atomic E-state index is 11.1. The number of hydrogen-bond donors (Lipinski definition) is 1. The fourth-order valence-corrected chi connectivity index (χ4v) is 1.67. The Morgan fingerprint density at radius 2 is 1.88 bits per heavy atom. The van der Waals surface area contributed by atoms with Gasteiger partial charge in [-0.1, -0.05) is 0 Å². The largest absolute Gasteiger partial charge is 0.379 e. The summed E-state index contributed by atoms with van der Waals surface area (Å²) >= 11 is 0. The molecular weight excluding hydrogens is 230 g/mol. The van der Waals surface area contributed by atoms with Crippen LogP contribution >= 0.6 is 12.4 Å². The van der Waals surface area contributed by atoms with Gasteiger partial charge in [0.05, 0.1) is 13.2 Å². The Kier molecular flexibility index (Phi) is 8.56. The van der Waals surface area contributed by atoms with E-state index in [-0.39, 0.29) is 18.3 Å². The van der Waals surface area contributed by atoms with Gasteiger partial charge in [0.1, 0.15) is 0 Å². The summed E-state index contributed by atoms with van der Waals surface area (Å²) in [7, 11) is 0. The average Bonchev–Trinajstić information content (AvgIpc) is 2.25. The monoisotopic (exact) mass is 251 g/mol. The Labute approximate surface area is 103 Å². The number of amides is 1. The molecule has 0 aliphatic carbocycles. The van der Waals surface area contributed by atoms with Gasteiger partial charge in [0, 0.05) is 46.2 Å². The number of ether oxygens (including phenoxy) is 1. The summed E-state index contributed by atoms with van der Waals surface area (Å²) in [5, 5.41) is 0. The van der Waals surface area contributed by atoms with Gasteiger partial charge in [-0.2, -0.15) is 0 Å². The Bertz CT molecular complexity index is 197. The third kappa shape index (κ3) is 5.65. The summed E-state index contributed by atoms with van der Waals surface area (Å²) in [5.74, 6) is 0.175. The van der Waals surface area contributed by atoms with Crippen LogP contribution in [-0.2, 0) is 9.53 Å². The Morgan fingerprint density at radius 1 is 1.25 bits per heavy atom. The second kappa shape index (κ2) is 8.75. The first-order chi connectivity index (χ1) is 7.24. The summed E-state index contributed by atoms with van der Waals surface area (Å²) in [6.07, 6.45) is 0. The minimum absolute atomic E-state index is 0. The zero-order valence-corrected chi connectivity index (χ0v) is 10.7. The first-order valence-corrected chi connectivity index (χ1v) is 5.49. The van der Waals surface area contributed by atoms with E-state index in [9.17, 15) is 4.79 Å². The molecular formula is C10H22ClN3O2. The molecule has 1 rings (SSSR count). The minimum Gasteiger partial charge on any atom is -0.379 e. The Balaban J connectivity index is 0.00000225. The molecule has 1 aliphatic rings. The summed E-state index contributed by atoms with van der Waals surface area (Å²) in [6, 6.07) is 0. The van der Waals surface area contributed by atoms with Crippen LogP contribution in [0.3, 0.4) is 0 Å².